The second-order valence-corrected chi connectivity index (χ2v) is 9.54. The minimum absolute atomic E-state index is 0.0447. The molecule has 3 N–H and O–H groups in total. The number of nitrogens with zero attached hydrogens (tertiary/aromatic N) is 3. The highest BCUT2D eigenvalue weighted by molar-refractivity contribution is 7.90. The van der Waals surface area contributed by atoms with E-state index in [4.69, 9.17) is 11.0 Å². The van der Waals surface area contributed by atoms with Crippen LogP contribution in [0.25, 0.3) is 10.9 Å². The Balaban J connectivity index is 2.04. The van der Waals surface area contributed by atoms with Gasteiger partial charge >= 0.3 is 0 Å². The quantitative estimate of drug-likeness (QED) is 0.363. The Kier molecular flexibility index (Phi) is 6.09. The average molecular weight is 434 g/mol. The van der Waals surface area contributed by atoms with Crippen molar-refractivity contribution in [2.24, 2.45) is 10.1 Å². The zero-order valence-electron chi connectivity index (χ0n) is 17.5. The molecule has 0 aliphatic heterocycles. The minimum atomic E-state index is -4.05. The lowest BCUT2D eigenvalue weighted by molar-refractivity contribution is 0.586. The molecule has 0 atom stereocenters. The lowest BCUT2D eigenvalue weighted by Gasteiger charge is -2.18. The number of benzene rings is 2. The highest BCUT2D eigenvalue weighted by Gasteiger charge is 2.18. The highest BCUT2D eigenvalue weighted by atomic mass is 32.2. The van der Waals surface area contributed by atoms with Gasteiger partial charge < -0.3 is 11.1 Å². The molecule has 0 aliphatic carbocycles. The number of pyridine rings is 1. The largest absolute Gasteiger partial charge is 0.390 e. The van der Waals surface area contributed by atoms with Gasteiger partial charge in [0.05, 0.1) is 10.4 Å². The van der Waals surface area contributed by atoms with E-state index in [1.807, 2.05) is 32.9 Å². The van der Waals surface area contributed by atoms with Crippen molar-refractivity contribution in [3.05, 3.63) is 78.1 Å². The van der Waals surface area contributed by atoms with Gasteiger partial charge in [-0.2, -0.15) is 13.7 Å². The van der Waals surface area contributed by atoms with Gasteiger partial charge in [0.2, 0.25) is 0 Å². The number of hydrogen-bond acceptors (Lipinski definition) is 5. The van der Waals surface area contributed by atoms with Gasteiger partial charge in [0, 0.05) is 23.3 Å². The van der Waals surface area contributed by atoms with E-state index < -0.39 is 10.0 Å². The monoisotopic (exact) mass is 433 g/mol. The lowest BCUT2D eigenvalue weighted by Crippen LogP contribution is -2.15. The molecule has 0 fully saturated rings. The summed E-state index contributed by atoms with van der Waals surface area (Å²) in [5.74, 6) is -0.0738. The predicted octanol–water partition coefficient (Wildman–Crippen LogP) is 4.10. The molecule has 0 bridgehead atoms. The molecule has 1 aromatic heterocycles. The number of sulfonamides is 1. The molecule has 0 radical (unpaired) electrons. The summed E-state index contributed by atoms with van der Waals surface area (Å²) in [7, 11) is -4.05. The van der Waals surface area contributed by atoms with E-state index in [0.717, 1.165) is 16.5 Å². The molecule has 0 saturated carbocycles. The van der Waals surface area contributed by atoms with Gasteiger partial charge in [-0.1, -0.05) is 39.0 Å². The first-order valence-electron chi connectivity index (χ1n) is 9.54. The molecule has 3 aromatic rings. The molecule has 31 heavy (non-hydrogen) atoms. The fourth-order valence-electron chi connectivity index (χ4n) is 2.92. The normalized spacial score (nSPS) is 13.1. The fraction of sp³-hybridized carbons (Fsp3) is 0.174. The number of rotatable bonds is 4. The SMILES string of the molecule is CC(C)(C)c1ccc(S(=O)(=O)N=C(C=C(N)C#N)Nc2cccc3ncccc23)cc1. The van der Waals surface area contributed by atoms with Crippen molar-refractivity contribution in [3.8, 4) is 6.07 Å². The van der Waals surface area contributed by atoms with Gasteiger partial charge in [0.25, 0.3) is 10.0 Å². The predicted molar refractivity (Wildman–Crippen MR) is 123 cm³/mol. The average Bonchev–Trinajstić information content (AvgIpc) is 2.73. The molecule has 8 heteroatoms. The van der Waals surface area contributed by atoms with Crippen LogP contribution in [0.1, 0.15) is 26.3 Å². The van der Waals surface area contributed by atoms with Crippen molar-refractivity contribution < 1.29 is 8.42 Å². The molecule has 1 heterocycles. The van der Waals surface area contributed by atoms with Gasteiger partial charge in [-0.25, -0.2) is 0 Å². The van der Waals surface area contributed by atoms with Crippen molar-refractivity contribution in [2.45, 2.75) is 31.1 Å². The van der Waals surface area contributed by atoms with Crippen LogP contribution in [0.4, 0.5) is 5.69 Å². The van der Waals surface area contributed by atoms with E-state index in [1.165, 1.54) is 18.2 Å². The molecular formula is C23H23N5O2S. The molecule has 0 aliphatic rings. The minimum Gasteiger partial charge on any atom is -0.390 e. The number of nitriles is 1. The van der Waals surface area contributed by atoms with E-state index in [9.17, 15) is 8.42 Å². The van der Waals surface area contributed by atoms with E-state index in [0.29, 0.717) is 5.69 Å². The second kappa shape index (κ2) is 8.58. The Morgan fingerprint density at radius 1 is 1.13 bits per heavy atom. The van der Waals surface area contributed by atoms with Gasteiger partial charge in [-0.3, -0.25) is 4.98 Å². The topological polar surface area (TPSA) is 121 Å². The van der Waals surface area contributed by atoms with Crippen molar-refractivity contribution in [2.75, 3.05) is 5.32 Å². The number of amidine groups is 1. The van der Waals surface area contributed by atoms with Crippen LogP contribution in [-0.4, -0.2) is 19.2 Å². The first-order chi connectivity index (χ1) is 14.6. The van der Waals surface area contributed by atoms with Crippen LogP contribution < -0.4 is 11.1 Å². The Morgan fingerprint density at radius 2 is 1.84 bits per heavy atom. The summed E-state index contributed by atoms with van der Waals surface area (Å²) < 4.78 is 29.8. The van der Waals surface area contributed by atoms with Crippen LogP contribution in [0.15, 0.2) is 81.9 Å². The number of nitrogens with one attached hydrogen (secondary N) is 1. The first kappa shape index (κ1) is 22.0. The maximum absolute atomic E-state index is 12.9. The van der Waals surface area contributed by atoms with E-state index in [2.05, 4.69) is 14.7 Å². The van der Waals surface area contributed by atoms with Crippen LogP contribution in [0, 0.1) is 11.3 Å². The number of allylic oxidation sites excluding steroid dienone is 1. The van der Waals surface area contributed by atoms with Crippen molar-refractivity contribution in [1.29, 1.82) is 5.26 Å². The molecule has 0 spiro atoms. The Morgan fingerprint density at radius 3 is 2.48 bits per heavy atom. The summed E-state index contributed by atoms with van der Waals surface area (Å²) in [6.07, 6.45) is 2.86. The Bertz CT molecular complexity index is 1310. The van der Waals surface area contributed by atoms with E-state index >= 15 is 0 Å². The zero-order chi connectivity index (χ0) is 22.6. The van der Waals surface area contributed by atoms with Crippen LogP contribution in [-0.2, 0) is 15.4 Å². The molecule has 3 rings (SSSR count). The summed E-state index contributed by atoms with van der Waals surface area (Å²) in [6.45, 7) is 6.14. The number of anilines is 1. The molecule has 2 aromatic carbocycles. The van der Waals surface area contributed by atoms with Crippen LogP contribution in [0.3, 0.4) is 0 Å². The van der Waals surface area contributed by atoms with Crippen LogP contribution >= 0.6 is 0 Å². The number of fused-ring (bicyclic) bond motifs is 1. The second-order valence-electron chi connectivity index (χ2n) is 7.94. The van der Waals surface area contributed by atoms with Gasteiger partial charge in [0.15, 0.2) is 0 Å². The van der Waals surface area contributed by atoms with Crippen LogP contribution in [0.2, 0.25) is 0 Å². The number of nitrogens with two attached hydrogens (primary N) is 1. The first-order valence-corrected chi connectivity index (χ1v) is 11.0. The number of hydrogen-bond donors (Lipinski definition) is 2. The summed E-state index contributed by atoms with van der Waals surface area (Å²) >= 11 is 0. The lowest BCUT2D eigenvalue weighted by atomic mass is 9.87. The molecule has 158 valence electrons. The molecule has 0 unspecified atom stereocenters. The molecule has 0 saturated heterocycles. The molecule has 7 nitrogen and oxygen atoms in total. The third-order valence-electron chi connectivity index (χ3n) is 4.57. The summed E-state index contributed by atoms with van der Waals surface area (Å²) in [5, 5.41) is 12.8. The third-order valence-corrected chi connectivity index (χ3v) is 5.87. The van der Waals surface area contributed by atoms with Gasteiger partial charge in [0.1, 0.15) is 17.6 Å². The maximum atomic E-state index is 12.9. The third kappa shape index (κ3) is 5.27. The standard InChI is InChI=1S/C23H23N5O2S/c1-23(2,3)16-9-11-18(12-10-16)31(29,30)28-22(14-17(25)15-24)27-21-8-4-7-20-19(21)6-5-13-26-20/h4-14H,25H2,1-3H3,(H,27,28). The zero-order valence-corrected chi connectivity index (χ0v) is 18.3. The van der Waals surface area contributed by atoms with Crippen LogP contribution in [0.5, 0.6) is 0 Å². The fourth-order valence-corrected chi connectivity index (χ4v) is 3.87. The maximum Gasteiger partial charge on any atom is 0.284 e. The van der Waals surface area contributed by atoms with Crippen molar-refractivity contribution in [1.82, 2.24) is 4.98 Å². The summed E-state index contributed by atoms with van der Waals surface area (Å²) in [4.78, 5) is 4.33. The smallest absolute Gasteiger partial charge is 0.284 e. The van der Waals surface area contributed by atoms with Gasteiger partial charge in [-0.05, 0) is 47.4 Å². The highest BCUT2D eigenvalue weighted by Crippen LogP contribution is 2.25. The molecular weight excluding hydrogens is 410 g/mol. The van der Waals surface area contributed by atoms with Crippen molar-refractivity contribution in [3.63, 3.8) is 0 Å². The molecule has 0 amide bonds. The van der Waals surface area contributed by atoms with Crippen molar-refractivity contribution >= 4 is 32.4 Å². The van der Waals surface area contributed by atoms with E-state index in [1.54, 1.807) is 42.6 Å². The Labute approximate surface area is 182 Å². The summed E-state index contributed by atoms with van der Waals surface area (Å²) in [6, 6.07) is 17.4. The summed E-state index contributed by atoms with van der Waals surface area (Å²) in [5.41, 5.74) is 7.67. The number of aromatic nitrogens is 1. The van der Waals surface area contributed by atoms with E-state index in [-0.39, 0.29) is 21.8 Å². The Hall–Kier alpha value is -3.70. The van der Waals surface area contributed by atoms with Gasteiger partial charge in [-0.15, -0.1) is 4.40 Å².